The van der Waals surface area contributed by atoms with Crippen LogP contribution in [0.3, 0.4) is 0 Å². The van der Waals surface area contributed by atoms with Crippen molar-refractivity contribution in [1.29, 1.82) is 5.26 Å². The van der Waals surface area contributed by atoms with Crippen LogP contribution in [0.4, 0.5) is 13.2 Å². The Balaban J connectivity index is 1.23. The zero-order valence-electron chi connectivity index (χ0n) is 21.9. The van der Waals surface area contributed by atoms with Gasteiger partial charge in [0.25, 0.3) is 0 Å². The number of nitrogens with zero attached hydrogens (tertiary/aromatic N) is 6. The molecular formula is C28H25F3N6O4. The van der Waals surface area contributed by atoms with Crippen LogP contribution in [-0.4, -0.2) is 55.2 Å². The molecule has 1 aliphatic rings. The molecule has 1 aliphatic heterocycles. The van der Waals surface area contributed by atoms with Gasteiger partial charge in [0, 0.05) is 24.7 Å². The van der Waals surface area contributed by atoms with Crippen LogP contribution in [0.5, 0.6) is 11.8 Å². The number of piperidine rings is 1. The summed E-state index contributed by atoms with van der Waals surface area (Å²) < 4.78 is 52.0. The molecule has 0 amide bonds. The quantitative estimate of drug-likeness (QED) is 0.309. The van der Waals surface area contributed by atoms with Crippen molar-refractivity contribution >= 4 is 17.0 Å². The highest BCUT2D eigenvalue weighted by Crippen LogP contribution is 2.31. The Morgan fingerprint density at radius 2 is 1.98 bits per heavy atom. The molecule has 1 N–H and O–H groups in total. The average Bonchev–Trinajstić information content (AvgIpc) is 3.27. The smallest absolute Gasteiger partial charge is 0.387 e. The second-order valence-corrected chi connectivity index (χ2v) is 9.63. The Kier molecular flexibility index (Phi) is 8.02. The predicted octanol–water partition coefficient (Wildman–Crippen LogP) is 4.63. The molecule has 0 aliphatic carbocycles. The first-order valence-corrected chi connectivity index (χ1v) is 12.8. The Morgan fingerprint density at radius 3 is 2.66 bits per heavy atom. The van der Waals surface area contributed by atoms with Crippen LogP contribution in [0.25, 0.3) is 11.0 Å². The van der Waals surface area contributed by atoms with Crippen molar-refractivity contribution < 1.29 is 32.5 Å². The Bertz CT molecular complexity index is 1630. The molecule has 13 heteroatoms. The van der Waals surface area contributed by atoms with Gasteiger partial charge in [-0.05, 0) is 56.3 Å². The molecule has 0 radical (unpaired) electrons. The highest BCUT2D eigenvalue weighted by molar-refractivity contribution is 5.95. The minimum absolute atomic E-state index is 0.0739. The standard InChI is InChI=1S/C28H25F3N6O4/c1-36-22-11-19(26(38)39)12-23(41-27(30)31)25(22)35-24(36)14-37-8-5-17(6-9-37)21-4-7-33-28(34-21)40-15-18-3-2-16(13-32)10-20(18)29/h2-4,7,10-12,17,27H,5-6,8-9,14-15H2,1H3,(H,38,39). The number of carbonyl (C=O) groups is 1. The third-order valence-electron chi connectivity index (χ3n) is 7.07. The fourth-order valence-corrected chi connectivity index (χ4v) is 4.87. The molecule has 0 spiro atoms. The minimum atomic E-state index is -3.11. The van der Waals surface area contributed by atoms with Crippen LogP contribution < -0.4 is 9.47 Å². The van der Waals surface area contributed by atoms with E-state index < -0.39 is 18.4 Å². The maximum Gasteiger partial charge on any atom is 0.387 e. The number of benzene rings is 2. The summed E-state index contributed by atoms with van der Waals surface area (Å²) in [4.78, 5) is 26.8. The number of alkyl halides is 2. The van der Waals surface area contributed by atoms with Gasteiger partial charge in [0.05, 0.1) is 35.0 Å². The summed E-state index contributed by atoms with van der Waals surface area (Å²) in [6, 6.07) is 10.5. The van der Waals surface area contributed by atoms with E-state index in [1.807, 2.05) is 12.1 Å². The van der Waals surface area contributed by atoms with Crippen LogP contribution in [0, 0.1) is 17.1 Å². The number of fused-ring (bicyclic) bond motifs is 1. The van der Waals surface area contributed by atoms with Crippen molar-refractivity contribution in [2.75, 3.05) is 13.1 Å². The number of rotatable bonds is 9. The molecule has 0 bridgehead atoms. The summed E-state index contributed by atoms with van der Waals surface area (Å²) in [6.45, 7) is -1.33. The number of aryl methyl sites for hydroxylation is 1. The van der Waals surface area contributed by atoms with Crippen LogP contribution in [0.2, 0.25) is 0 Å². The first kappa shape index (κ1) is 27.9. The van der Waals surface area contributed by atoms with E-state index in [1.165, 1.54) is 18.2 Å². The minimum Gasteiger partial charge on any atom is -0.478 e. The number of hydrogen-bond donors (Lipinski definition) is 1. The number of carboxylic acid groups (broad SMARTS) is 1. The molecule has 2 aromatic heterocycles. The van der Waals surface area contributed by atoms with Crippen molar-refractivity contribution in [3.05, 3.63) is 76.6 Å². The molecule has 5 rings (SSSR count). The van der Waals surface area contributed by atoms with Gasteiger partial charge < -0.3 is 19.1 Å². The number of likely N-dealkylation sites (tertiary alicyclic amines) is 1. The van der Waals surface area contributed by atoms with Crippen molar-refractivity contribution in [1.82, 2.24) is 24.4 Å². The zero-order valence-corrected chi connectivity index (χ0v) is 21.9. The summed E-state index contributed by atoms with van der Waals surface area (Å²) in [5.74, 6) is -1.33. The Morgan fingerprint density at radius 1 is 1.20 bits per heavy atom. The van der Waals surface area contributed by atoms with Gasteiger partial charge in [0.1, 0.15) is 23.8 Å². The molecule has 41 heavy (non-hydrogen) atoms. The second kappa shape index (κ2) is 11.8. The van der Waals surface area contributed by atoms with E-state index in [0.717, 1.165) is 30.7 Å². The van der Waals surface area contributed by atoms with Gasteiger partial charge in [-0.2, -0.15) is 19.0 Å². The van der Waals surface area contributed by atoms with Crippen LogP contribution in [0.1, 0.15) is 51.8 Å². The molecule has 1 fully saturated rings. The van der Waals surface area contributed by atoms with Gasteiger partial charge in [0.2, 0.25) is 0 Å². The molecular weight excluding hydrogens is 541 g/mol. The molecule has 0 atom stereocenters. The lowest BCUT2D eigenvalue weighted by Crippen LogP contribution is -2.33. The fraction of sp³-hybridized carbons (Fsp3) is 0.321. The highest BCUT2D eigenvalue weighted by atomic mass is 19.3. The van der Waals surface area contributed by atoms with Crippen molar-refractivity contribution in [3.8, 4) is 17.8 Å². The SMILES string of the molecule is Cn1c(CN2CCC(c3ccnc(OCc4ccc(C#N)cc4F)n3)CC2)nc2c(OC(F)F)cc(C(=O)O)cc21. The molecule has 212 valence electrons. The molecule has 1 saturated heterocycles. The summed E-state index contributed by atoms with van der Waals surface area (Å²) in [5, 5.41) is 18.3. The molecule has 2 aromatic carbocycles. The molecule has 0 saturated carbocycles. The van der Waals surface area contributed by atoms with Crippen molar-refractivity contribution in [3.63, 3.8) is 0 Å². The summed E-state index contributed by atoms with van der Waals surface area (Å²) >= 11 is 0. The van der Waals surface area contributed by atoms with E-state index in [1.54, 1.807) is 17.8 Å². The largest absolute Gasteiger partial charge is 0.478 e. The number of aromatic carboxylic acids is 1. The second-order valence-electron chi connectivity index (χ2n) is 9.63. The van der Waals surface area contributed by atoms with E-state index >= 15 is 0 Å². The first-order valence-electron chi connectivity index (χ1n) is 12.8. The third kappa shape index (κ3) is 6.22. The fourth-order valence-electron chi connectivity index (χ4n) is 4.87. The molecule has 0 unspecified atom stereocenters. The topological polar surface area (TPSA) is 126 Å². The third-order valence-corrected chi connectivity index (χ3v) is 7.07. The lowest BCUT2D eigenvalue weighted by Gasteiger charge is -2.31. The molecule has 4 aromatic rings. The monoisotopic (exact) mass is 566 g/mol. The van der Waals surface area contributed by atoms with E-state index in [2.05, 4.69) is 24.6 Å². The summed E-state index contributed by atoms with van der Waals surface area (Å²) in [6.07, 6.45) is 3.17. The number of carboxylic acids is 1. The van der Waals surface area contributed by atoms with Gasteiger partial charge >= 0.3 is 18.6 Å². The van der Waals surface area contributed by atoms with Crippen LogP contribution in [0.15, 0.2) is 42.6 Å². The van der Waals surface area contributed by atoms with Gasteiger partial charge in [-0.3, -0.25) is 4.90 Å². The van der Waals surface area contributed by atoms with E-state index in [-0.39, 0.29) is 40.9 Å². The first-order chi connectivity index (χ1) is 19.7. The molecule has 3 heterocycles. The van der Waals surface area contributed by atoms with Gasteiger partial charge in [-0.15, -0.1) is 0 Å². The normalized spacial score (nSPS) is 14.3. The maximum atomic E-state index is 14.2. The highest BCUT2D eigenvalue weighted by Gasteiger charge is 2.25. The Labute approximate surface area is 232 Å². The van der Waals surface area contributed by atoms with Gasteiger partial charge in [-0.1, -0.05) is 6.07 Å². The number of halogens is 3. The van der Waals surface area contributed by atoms with E-state index in [0.29, 0.717) is 36.5 Å². The number of aromatic nitrogens is 4. The Hall–Kier alpha value is -4.70. The summed E-state index contributed by atoms with van der Waals surface area (Å²) in [5.41, 5.74) is 1.73. The lowest BCUT2D eigenvalue weighted by atomic mass is 9.93. The van der Waals surface area contributed by atoms with E-state index in [4.69, 9.17) is 10.00 Å². The van der Waals surface area contributed by atoms with Crippen LogP contribution >= 0.6 is 0 Å². The number of imidazole rings is 1. The predicted molar refractivity (Wildman–Crippen MR) is 139 cm³/mol. The van der Waals surface area contributed by atoms with Gasteiger partial charge in [0.15, 0.2) is 5.75 Å². The number of ether oxygens (including phenoxy) is 2. The maximum absolute atomic E-state index is 14.2. The summed E-state index contributed by atoms with van der Waals surface area (Å²) in [7, 11) is 1.71. The van der Waals surface area contributed by atoms with Crippen molar-refractivity contribution in [2.24, 2.45) is 7.05 Å². The van der Waals surface area contributed by atoms with Crippen LogP contribution in [-0.2, 0) is 20.2 Å². The number of hydrogen-bond acceptors (Lipinski definition) is 8. The lowest BCUT2D eigenvalue weighted by molar-refractivity contribution is -0.0489. The van der Waals surface area contributed by atoms with E-state index in [9.17, 15) is 23.1 Å². The zero-order chi connectivity index (χ0) is 29.1. The van der Waals surface area contributed by atoms with Crippen molar-refractivity contribution in [2.45, 2.75) is 38.5 Å². The van der Waals surface area contributed by atoms with Gasteiger partial charge in [-0.25, -0.2) is 19.2 Å². The number of nitriles is 1. The molecule has 10 nitrogen and oxygen atoms in total. The average molecular weight is 567 g/mol.